The molecule has 0 saturated carbocycles. The first-order valence-corrected chi connectivity index (χ1v) is 7.60. The summed E-state index contributed by atoms with van der Waals surface area (Å²) in [6.45, 7) is 6.41. The number of hydrazone groups is 1. The highest BCUT2D eigenvalue weighted by atomic mass is 16.2. The minimum Gasteiger partial charge on any atom is -0.351 e. The maximum absolute atomic E-state index is 12.2. The molecular formula is C17H21N3O2. The van der Waals surface area contributed by atoms with Gasteiger partial charge in [-0.05, 0) is 18.6 Å². The Morgan fingerprint density at radius 2 is 1.95 bits per heavy atom. The van der Waals surface area contributed by atoms with Gasteiger partial charge in [-0.3, -0.25) is 9.59 Å². The predicted molar refractivity (Wildman–Crippen MR) is 87.7 cm³/mol. The SMILES string of the molecule is C=C1C(=O)N(c2ccccc2)N=C1C(=O)NCCCCCC. The number of anilines is 1. The molecule has 1 aliphatic rings. The third-order valence-electron chi connectivity index (χ3n) is 3.47. The number of benzene rings is 1. The largest absolute Gasteiger partial charge is 0.351 e. The van der Waals surface area contributed by atoms with E-state index in [0.717, 1.165) is 25.7 Å². The second-order valence-corrected chi connectivity index (χ2v) is 5.20. The van der Waals surface area contributed by atoms with Gasteiger partial charge in [0.1, 0.15) is 0 Å². The van der Waals surface area contributed by atoms with Crippen LogP contribution in [0.3, 0.4) is 0 Å². The molecule has 0 spiro atoms. The second-order valence-electron chi connectivity index (χ2n) is 5.20. The van der Waals surface area contributed by atoms with Crippen molar-refractivity contribution in [1.82, 2.24) is 5.32 Å². The van der Waals surface area contributed by atoms with Crippen LogP contribution >= 0.6 is 0 Å². The van der Waals surface area contributed by atoms with Gasteiger partial charge in [-0.2, -0.15) is 10.1 Å². The molecule has 1 aromatic carbocycles. The average molecular weight is 299 g/mol. The Balaban J connectivity index is 1.99. The normalized spacial score (nSPS) is 14.2. The number of unbranched alkanes of at least 4 members (excludes halogenated alkanes) is 3. The lowest BCUT2D eigenvalue weighted by molar-refractivity contribution is -0.116. The Labute approximate surface area is 130 Å². The molecule has 0 saturated heterocycles. The minimum atomic E-state index is -0.359. The molecule has 1 aliphatic heterocycles. The first-order valence-electron chi connectivity index (χ1n) is 7.60. The molecule has 2 rings (SSSR count). The smallest absolute Gasteiger partial charge is 0.280 e. The standard InChI is InChI=1S/C17H21N3O2/c1-3-4-5-9-12-18-16(21)15-13(2)17(22)20(19-15)14-10-7-6-8-11-14/h6-8,10-11H,2-5,9,12H2,1H3,(H,18,21). The van der Waals surface area contributed by atoms with Gasteiger partial charge in [0.2, 0.25) is 0 Å². The molecule has 116 valence electrons. The number of nitrogens with zero attached hydrogens (tertiary/aromatic N) is 2. The van der Waals surface area contributed by atoms with Crippen molar-refractivity contribution < 1.29 is 9.59 Å². The average Bonchev–Trinajstić information content (AvgIpc) is 2.84. The Bertz CT molecular complexity index is 593. The molecule has 22 heavy (non-hydrogen) atoms. The second kappa shape index (κ2) is 7.54. The van der Waals surface area contributed by atoms with E-state index in [4.69, 9.17) is 0 Å². The molecule has 1 heterocycles. The molecule has 2 amide bonds. The van der Waals surface area contributed by atoms with Gasteiger partial charge in [-0.25, -0.2) is 0 Å². The van der Waals surface area contributed by atoms with Crippen LogP contribution in [-0.4, -0.2) is 24.1 Å². The number of carbonyl (C=O) groups is 2. The number of hydrogen-bond donors (Lipinski definition) is 1. The van der Waals surface area contributed by atoms with Crippen LogP contribution in [-0.2, 0) is 9.59 Å². The lowest BCUT2D eigenvalue weighted by Crippen LogP contribution is -2.32. The first kappa shape index (κ1) is 15.9. The number of amides is 2. The van der Waals surface area contributed by atoms with E-state index in [0.29, 0.717) is 12.2 Å². The number of para-hydroxylation sites is 1. The first-order chi connectivity index (χ1) is 10.6. The monoisotopic (exact) mass is 299 g/mol. The highest BCUT2D eigenvalue weighted by molar-refractivity contribution is 6.54. The van der Waals surface area contributed by atoms with Gasteiger partial charge in [0.25, 0.3) is 11.8 Å². The Hall–Kier alpha value is -2.43. The zero-order valence-electron chi connectivity index (χ0n) is 12.8. The van der Waals surface area contributed by atoms with E-state index in [2.05, 4.69) is 23.9 Å². The summed E-state index contributed by atoms with van der Waals surface area (Å²) in [5.74, 6) is -0.699. The molecule has 5 nitrogen and oxygen atoms in total. The number of nitrogens with one attached hydrogen (secondary N) is 1. The molecule has 0 bridgehead atoms. The van der Waals surface area contributed by atoms with Crippen molar-refractivity contribution in [2.75, 3.05) is 11.6 Å². The predicted octanol–water partition coefficient (Wildman–Crippen LogP) is 2.64. The van der Waals surface area contributed by atoms with Gasteiger partial charge >= 0.3 is 0 Å². The van der Waals surface area contributed by atoms with E-state index in [9.17, 15) is 9.59 Å². The lowest BCUT2D eigenvalue weighted by Gasteiger charge is -2.10. The molecule has 0 unspecified atom stereocenters. The van der Waals surface area contributed by atoms with E-state index >= 15 is 0 Å². The zero-order valence-corrected chi connectivity index (χ0v) is 12.8. The highest BCUT2D eigenvalue weighted by Crippen LogP contribution is 2.22. The fourth-order valence-corrected chi connectivity index (χ4v) is 2.20. The highest BCUT2D eigenvalue weighted by Gasteiger charge is 2.33. The van der Waals surface area contributed by atoms with E-state index in [1.807, 2.05) is 18.2 Å². The van der Waals surface area contributed by atoms with E-state index in [1.165, 1.54) is 5.01 Å². The maximum atomic E-state index is 12.2. The summed E-state index contributed by atoms with van der Waals surface area (Å²) in [5, 5.41) is 8.14. The van der Waals surface area contributed by atoms with Crippen LogP contribution in [0.5, 0.6) is 0 Å². The molecule has 0 aliphatic carbocycles. The Morgan fingerprint density at radius 3 is 2.64 bits per heavy atom. The summed E-state index contributed by atoms with van der Waals surface area (Å²) in [7, 11) is 0. The van der Waals surface area contributed by atoms with Gasteiger partial charge in [-0.15, -0.1) is 0 Å². The van der Waals surface area contributed by atoms with E-state index in [-0.39, 0.29) is 23.1 Å². The number of carbonyl (C=O) groups excluding carboxylic acids is 2. The molecule has 0 fully saturated rings. The van der Waals surface area contributed by atoms with Crippen molar-refractivity contribution in [3.05, 3.63) is 42.5 Å². The summed E-state index contributed by atoms with van der Waals surface area (Å²) in [6, 6.07) is 9.01. The lowest BCUT2D eigenvalue weighted by atomic mass is 10.1. The van der Waals surface area contributed by atoms with Crippen molar-refractivity contribution in [1.29, 1.82) is 0 Å². The summed E-state index contributed by atoms with van der Waals surface area (Å²) < 4.78 is 0. The third-order valence-corrected chi connectivity index (χ3v) is 3.47. The molecule has 0 atom stereocenters. The fourth-order valence-electron chi connectivity index (χ4n) is 2.20. The van der Waals surface area contributed by atoms with Crippen molar-refractivity contribution in [3.63, 3.8) is 0 Å². The third kappa shape index (κ3) is 3.61. The van der Waals surface area contributed by atoms with Crippen molar-refractivity contribution in [2.45, 2.75) is 32.6 Å². The van der Waals surface area contributed by atoms with Crippen LogP contribution in [0.4, 0.5) is 5.69 Å². The van der Waals surface area contributed by atoms with Gasteiger partial charge in [0.05, 0.1) is 11.3 Å². The maximum Gasteiger partial charge on any atom is 0.280 e. The molecule has 5 heteroatoms. The van der Waals surface area contributed by atoms with Crippen LogP contribution in [0.2, 0.25) is 0 Å². The fraction of sp³-hybridized carbons (Fsp3) is 0.353. The van der Waals surface area contributed by atoms with Crippen molar-refractivity contribution >= 4 is 23.2 Å². The van der Waals surface area contributed by atoms with E-state index < -0.39 is 0 Å². The van der Waals surface area contributed by atoms with Gasteiger partial charge < -0.3 is 5.32 Å². The molecule has 1 N–H and O–H groups in total. The summed E-state index contributed by atoms with van der Waals surface area (Å²) in [6.07, 6.45) is 4.32. The Morgan fingerprint density at radius 1 is 1.23 bits per heavy atom. The minimum absolute atomic E-state index is 0.101. The molecule has 0 radical (unpaired) electrons. The van der Waals surface area contributed by atoms with Crippen LogP contribution in [0, 0.1) is 0 Å². The quantitative estimate of drug-likeness (QED) is 0.621. The summed E-state index contributed by atoms with van der Waals surface area (Å²) in [5.41, 5.74) is 0.860. The topological polar surface area (TPSA) is 61.8 Å². The van der Waals surface area contributed by atoms with Crippen molar-refractivity contribution in [2.24, 2.45) is 5.10 Å². The summed E-state index contributed by atoms with van der Waals surface area (Å²) >= 11 is 0. The number of rotatable bonds is 7. The van der Waals surface area contributed by atoms with Crippen LogP contribution in [0.15, 0.2) is 47.6 Å². The molecular weight excluding hydrogens is 278 g/mol. The molecule has 0 aromatic heterocycles. The number of hydrogen-bond acceptors (Lipinski definition) is 3. The zero-order chi connectivity index (χ0) is 15.9. The van der Waals surface area contributed by atoms with Crippen LogP contribution in [0.1, 0.15) is 32.6 Å². The van der Waals surface area contributed by atoms with E-state index in [1.54, 1.807) is 12.1 Å². The summed E-state index contributed by atoms with van der Waals surface area (Å²) in [4.78, 5) is 24.3. The van der Waals surface area contributed by atoms with Crippen LogP contribution in [0.25, 0.3) is 0 Å². The van der Waals surface area contributed by atoms with Gasteiger partial charge in [0.15, 0.2) is 5.71 Å². The molecule has 1 aromatic rings. The van der Waals surface area contributed by atoms with Crippen molar-refractivity contribution in [3.8, 4) is 0 Å². The van der Waals surface area contributed by atoms with Gasteiger partial charge in [-0.1, -0.05) is 51.0 Å². The van der Waals surface area contributed by atoms with Gasteiger partial charge in [0, 0.05) is 6.54 Å². The Kier molecular flexibility index (Phi) is 5.47. The van der Waals surface area contributed by atoms with Crippen LogP contribution < -0.4 is 10.3 Å².